The molecule has 0 spiro atoms. The van der Waals surface area contributed by atoms with Crippen molar-refractivity contribution in [1.82, 2.24) is 24.5 Å². The van der Waals surface area contributed by atoms with Gasteiger partial charge in [0.05, 0.1) is 29.2 Å². The minimum Gasteiger partial charge on any atom is -0.381 e. The molecule has 2 fully saturated rings. The van der Waals surface area contributed by atoms with Crippen molar-refractivity contribution in [3.8, 4) is 0 Å². The number of hydrogen-bond acceptors (Lipinski definition) is 10. The van der Waals surface area contributed by atoms with Crippen LogP contribution in [-0.2, 0) is 14.8 Å². The van der Waals surface area contributed by atoms with Crippen LogP contribution in [0.3, 0.4) is 0 Å². The standard InChI is InChI=1S/C27H41N7O3S2Si/c1-39(35,36)33-13-11-21(12-14-33)29-22-17-24-23(28-18-22)9-10-25(30-24)34(19-37-15-16-40(2,3)4)27-32-31-26(38-27)20-7-5-6-8-20/h9-10,17-18,20-21,29H,5-8,11-16,19H2,1-4H3. The largest absolute Gasteiger partial charge is 0.381 e. The maximum atomic E-state index is 11.9. The lowest BCUT2D eigenvalue weighted by atomic mass is 10.1. The quantitative estimate of drug-likeness (QED) is 0.174. The molecule has 3 aromatic rings. The molecule has 0 unspecified atom stereocenters. The number of fused-ring (bicyclic) bond motifs is 1. The molecule has 0 amide bonds. The molecular weight excluding hydrogens is 563 g/mol. The molecule has 10 nitrogen and oxygen atoms in total. The molecule has 1 N–H and O–H groups in total. The van der Waals surface area contributed by atoms with Gasteiger partial charge >= 0.3 is 0 Å². The number of rotatable bonds is 11. The molecule has 1 saturated heterocycles. The van der Waals surface area contributed by atoms with Crippen LogP contribution in [0.2, 0.25) is 25.7 Å². The number of nitrogens with one attached hydrogen (secondary N) is 1. The fourth-order valence-corrected chi connectivity index (χ4v) is 7.86. The fourth-order valence-electron chi connectivity index (χ4n) is 5.22. The molecule has 4 heterocycles. The second-order valence-electron chi connectivity index (χ2n) is 12.2. The van der Waals surface area contributed by atoms with Gasteiger partial charge in [-0.05, 0) is 49.9 Å². The zero-order chi connectivity index (χ0) is 28.3. The van der Waals surface area contributed by atoms with Gasteiger partial charge in [0.1, 0.15) is 17.6 Å². The van der Waals surface area contributed by atoms with E-state index < -0.39 is 18.1 Å². The summed E-state index contributed by atoms with van der Waals surface area (Å²) in [5.74, 6) is 1.27. The molecule has 1 saturated carbocycles. The molecule has 13 heteroatoms. The summed E-state index contributed by atoms with van der Waals surface area (Å²) in [5, 5.41) is 14.6. The average molecular weight is 604 g/mol. The van der Waals surface area contributed by atoms with Crippen molar-refractivity contribution in [3.05, 3.63) is 29.4 Å². The first-order chi connectivity index (χ1) is 19.0. The molecule has 3 aromatic heterocycles. The topological polar surface area (TPSA) is 113 Å². The second-order valence-corrected chi connectivity index (χ2v) is 20.8. The van der Waals surface area contributed by atoms with Gasteiger partial charge < -0.3 is 10.1 Å². The number of anilines is 3. The number of hydrogen-bond donors (Lipinski definition) is 1. The van der Waals surface area contributed by atoms with Crippen molar-refractivity contribution < 1.29 is 13.2 Å². The van der Waals surface area contributed by atoms with Crippen molar-refractivity contribution in [3.63, 3.8) is 0 Å². The monoisotopic (exact) mass is 603 g/mol. The van der Waals surface area contributed by atoms with Gasteiger partial charge in [0.25, 0.3) is 0 Å². The molecule has 1 aliphatic carbocycles. The molecule has 0 radical (unpaired) electrons. The van der Waals surface area contributed by atoms with E-state index in [-0.39, 0.29) is 6.04 Å². The van der Waals surface area contributed by atoms with Gasteiger partial charge in [-0.3, -0.25) is 9.88 Å². The van der Waals surface area contributed by atoms with Crippen LogP contribution in [0.5, 0.6) is 0 Å². The molecule has 0 aromatic carbocycles. The Kier molecular flexibility index (Phi) is 9.05. The smallest absolute Gasteiger partial charge is 0.215 e. The lowest BCUT2D eigenvalue weighted by Gasteiger charge is -2.31. The van der Waals surface area contributed by atoms with Crippen LogP contribution in [0.1, 0.15) is 49.5 Å². The second kappa shape index (κ2) is 12.4. The number of nitrogens with zero attached hydrogens (tertiary/aromatic N) is 6. The highest BCUT2D eigenvalue weighted by Gasteiger charge is 2.26. The van der Waals surface area contributed by atoms with Crippen molar-refractivity contribution in [2.24, 2.45) is 0 Å². The molecule has 218 valence electrons. The van der Waals surface area contributed by atoms with Crippen LogP contribution >= 0.6 is 11.3 Å². The number of pyridine rings is 2. The molecular formula is C27H41N7O3S2Si. The zero-order valence-corrected chi connectivity index (χ0v) is 26.6. The maximum Gasteiger partial charge on any atom is 0.215 e. The van der Waals surface area contributed by atoms with Gasteiger partial charge in [-0.15, -0.1) is 10.2 Å². The molecule has 40 heavy (non-hydrogen) atoms. The lowest BCUT2D eigenvalue weighted by Crippen LogP contribution is -2.41. The number of piperidine rings is 1. The Morgan fingerprint density at radius 1 is 1.10 bits per heavy atom. The Hall–Kier alpha value is -2.19. The highest BCUT2D eigenvalue weighted by molar-refractivity contribution is 7.88. The maximum absolute atomic E-state index is 11.9. The summed E-state index contributed by atoms with van der Waals surface area (Å²) in [6.45, 7) is 9.19. The van der Waals surface area contributed by atoms with Crippen molar-refractivity contribution >= 4 is 57.1 Å². The minimum absolute atomic E-state index is 0.187. The van der Waals surface area contributed by atoms with Crippen LogP contribution in [0.4, 0.5) is 16.6 Å². The van der Waals surface area contributed by atoms with Crippen LogP contribution in [0, 0.1) is 0 Å². The fraction of sp³-hybridized carbons (Fsp3) is 0.630. The molecule has 2 aliphatic rings. The van der Waals surface area contributed by atoms with Gasteiger partial charge in [0, 0.05) is 39.7 Å². The Morgan fingerprint density at radius 2 is 1.85 bits per heavy atom. The predicted octanol–water partition coefficient (Wildman–Crippen LogP) is 5.43. The summed E-state index contributed by atoms with van der Waals surface area (Å²) >= 11 is 1.65. The van der Waals surface area contributed by atoms with Crippen molar-refractivity contribution in [2.75, 3.05) is 42.9 Å². The Bertz CT molecular complexity index is 1400. The van der Waals surface area contributed by atoms with Gasteiger partial charge in [0.2, 0.25) is 15.2 Å². The zero-order valence-electron chi connectivity index (χ0n) is 24.0. The van der Waals surface area contributed by atoms with Crippen LogP contribution < -0.4 is 10.2 Å². The van der Waals surface area contributed by atoms with Crippen LogP contribution in [0.15, 0.2) is 24.4 Å². The normalized spacial score (nSPS) is 18.0. The summed E-state index contributed by atoms with van der Waals surface area (Å²) < 4.78 is 31.4. The van der Waals surface area contributed by atoms with Crippen molar-refractivity contribution in [1.29, 1.82) is 0 Å². The van der Waals surface area contributed by atoms with E-state index in [1.54, 1.807) is 15.6 Å². The van der Waals surface area contributed by atoms with Crippen molar-refractivity contribution in [2.45, 2.75) is 76.2 Å². The Labute approximate surface area is 242 Å². The van der Waals surface area contributed by atoms with E-state index in [1.807, 2.05) is 29.3 Å². The van der Waals surface area contributed by atoms with Gasteiger partial charge in [0.15, 0.2) is 0 Å². The van der Waals surface area contributed by atoms with E-state index in [9.17, 15) is 8.42 Å². The first-order valence-electron chi connectivity index (χ1n) is 14.2. The predicted molar refractivity (Wildman–Crippen MR) is 165 cm³/mol. The Morgan fingerprint density at radius 3 is 2.55 bits per heavy atom. The molecule has 5 rings (SSSR count). The molecule has 0 bridgehead atoms. The summed E-state index contributed by atoms with van der Waals surface area (Å²) in [7, 11) is -4.35. The first-order valence-corrected chi connectivity index (χ1v) is 20.6. The third-order valence-electron chi connectivity index (χ3n) is 7.67. The average Bonchev–Trinajstić information content (AvgIpc) is 3.60. The highest BCUT2D eigenvalue weighted by atomic mass is 32.2. The van der Waals surface area contributed by atoms with Gasteiger partial charge in [-0.2, -0.15) is 0 Å². The van der Waals surface area contributed by atoms with E-state index >= 15 is 0 Å². The van der Waals surface area contributed by atoms with Crippen LogP contribution in [0.25, 0.3) is 11.0 Å². The van der Waals surface area contributed by atoms with Crippen LogP contribution in [-0.4, -0.2) is 79.7 Å². The summed E-state index contributed by atoms with van der Waals surface area (Å²) in [6, 6.07) is 7.26. The van der Waals surface area contributed by atoms with E-state index in [0.29, 0.717) is 32.3 Å². The third kappa shape index (κ3) is 7.55. The molecule has 1 aliphatic heterocycles. The number of aromatic nitrogens is 4. The van der Waals surface area contributed by atoms with E-state index in [0.717, 1.165) is 51.6 Å². The summed E-state index contributed by atoms with van der Waals surface area (Å²) in [5.41, 5.74) is 2.47. The summed E-state index contributed by atoms with van der Waals surface area (Å²) in [6.07, 6.45) is 9.49. The van der Waals surface area contributed by atoms with E-state index in [1.165, 1.54) is 31.9 Å². The Balaban J connectivity index is 1.34. The van der Waals surface area contributed by atoms with E-state index in [4.69, 9.17) is 9.72 Å². The number of ether oxygens (including phenoxy) is 1. The summed E-state index contributed by atoms with van der Waals surface area (Å²) in [4.78, 5) is 11.6. The lowest BCUT2D eigenvalue weighted by molar-refractivity contribution is 0.153. The minimum atomic E-state index is -3.14. The van der Waals surface area contributed by atoms with Gasteiger partial charge in [-0.1, -0.05) is 43.8 Å². The third-order valence-corrected chi connectivity index (χ3v) is 11.8. The first kappa shape index (κ1) is 29.3. The highest BCUT2D eigenvalue weighted by Crippen LogP contribution is 2.38. The van der Waals surface area contributed by atoms with Gasteiger partial charge in [-0.25, -0.2) is 17.7 Å². The SMILES string of the molecule is C[Si](C)(C)CCOCN(c1ccc2ncc(NC3CCN(S(C)(=O)=O)CC3)cc2n1)c1nnc(C2CCCC2)s1. The molecule has 0 atom stereocenters. The number of sulfonamides is 1. The van der Waals surface area contributed by atoms with E-state index in [2.05, 4.69) is 40.1 Å².